The van der Waals surface area contributed by atoms with E-state index >= 15 is 0 Å². The zero-order valence-electron chi connectivity index (χ0n) is 50.8. The van der Waals surface area contributed by atoms with Crippen LogP contribution < -0.4 is 33.6 Å². The average Bonchev–Trinajstić information content (AvgIpc) is 0.831. The molecule has 46 heteroatoms. The number of H-pyrrole nitrogens is 5. The number of carbonyl (C=O) groups excluding carboxylic acids is 5. The highest BCUT2D eigenvalue weighted by Gasteiger charge is 2.22. The van der Waals surface area contributed by atoms with Crippen LogP contribution in [0.15, 0.2) is 91.0 Å². The molecule has 0 aliphatic heterocycles. The number of ether oxygens (including phenoxy) is 4. The van der Waals surface area contributed by atoms with Crippen LogP contribution in [0, 0.1) is 45.5 Å². The van der Waals surface area contributed by atoms with E-state index in [1.807, 2.05) is 4.98 Å². The highest BCUT2D eigenvalue weighted by atomic mass is 35.5. The van der Waals surface area contributed by atoms with Gasteiger partial charge in [0.2, 0.25) is 22.2 Å². The number of aromatic amines is 5. The Morgan fingerprint density at radius 1 is 0.515 bits per heavy atom. The number of esters is 4. The van der Waals surface area contributed by atoms with Gasteiger partial charge < -0.3 is 29.0 Å². The van der Waals surface area contributed by atoms with Crippen molar-refractivity contribution in [2.45, 2.75) is 34.1 Å². The molecule has 6 N–H and O–H groups in total. The normalized spacial score (nSPS) is 9.98. The van der Waals surface area contributed by atoms with Gasteiger partial charge in [0.1, 0.15) is 54.5 Å². The van der Waals surface area contributed by atoms with Crippen LogP contribution in [0.25, 0.3) is 22.8 Å². The Hall–Kier alpha value is -11.9. The van der Waals surface area contributed by atoms with E-state index < -0.39 is 133 Å². The Morgan fingerprint density at radius 3 is 1.43 bits per heavy atom. The fourth-order valence-electron chi connectivity index (χ4n) is 6.10. The molecule has 99 heavy (non-hydrogen) atoms. The molecule has 9 aromatic heterocycles. The van der Waals surface area contributed by atoms with Gasteiger partial charge in [-0.3, -0.25) is 57.8 Å². The molecule has 524 valence electrons. The smallest absolute Gasteiger partial charge is 0.360 e. The molecule has 35 nitrogen and oxygen atoms in total. The SMILES string of the molecule is CCOC(=O)CC(=O)c1ncncc1F.CCOC(=O)c1[nH]c(=O)[nH]c(=O)c1F.CCOC(=O)c1nc(Cl)nc(Cl)c1F.CCOC(=O)c1ncncc1F.Cn1c(=O)cc(-c2ncncc2F)[nH]c1=S.Cn1c(Cl)nc(-c2ncncc2F)cc1=O.O=C(O)c1[nH]c(=O)[nH]c(=O)c1F. The molecule has 0 saturated heterocycles. The molecule has 0 aliphatic rings. The Kier molecular flexibility index (Phi) is 32.8. The first kappa shape index (κ1) is 81.4. The minimum atomic E-state index is -1.70. The number of ketones is 1. The molecule has 0 aromatic carbocycles. The molecular formula is C53H44Cl3F7N18O17S. The van der Waals surface area contributed by atoms with Crippen LogP contribution in [0.2, 0.25) is 15.7 Å². The summed E-state index contributed by atoms with van der Waals surface area (Å²) >= 11 is 21.4. The summed E-state index contributed by atoms with van der Waals surface area (Å²) in [7, 11) is 3.00. The summed E-state index contributed by atoms with van der Waals surface area (Å²) < 4.78 is 112. The largest absolute Gasteiger partial charge is 0.476 e. The van der Waals surface area contributed by atoms with E-state index in [-0.39, 0.29) is 81.4 Å². The topological polar surface area (TPSA) is 493 Å². The highest BCUT2D eigenvalue weighted by molar-refractivity contribution is 7.71. The van der Waals surface area contributed by atoms with Gasteiger partial charge in [0.15, 0.2) is 67.6 Å². The van der Waals surface area contributed by atoms with Crippen LogP contribution in [0.5, 0.6) is 0 Å². The maximum Gasteiger partial charge on any atom is 0.360 e. The summed E-state index contributed by atoms with van der Waals surface area (Å²) in [4.78, 5) is 179. The van der Waals surface area contributed by atoms with E-state index in [9.17, 15) is 88.3 Å². The molecule has 0 fully saturated rings. The standard InChI is InChI=1S/C9H6ClFN4O.C9H7FN4OS.C9H9FN2O3.C7H5Cl2FN2O2.C7H7FN2O4.C7H7FN2O2.C5H3FN2O4/c1-15-7(16)2-6(14-9(15)10)8-5(11)3-12-4-13-8;1-14-7(15)2-6(13-9(14)16)8-5(10)3-11-4-12-8;1-2-15-8(14)3-7(13)9-6(10)4-11-5-12-9;1-2-14-6(13)4-3(10)5(8)12-7(9)11-4;1-2-14-6(12)4-3(8)5(11)10-7(13)9-4;1-2-12-7(11)6-5(8)3-9-4-10-6;6-1-2(4(10)11)7-5(12)8-3(1)9/h2-4H,1H3;2-4H,1H3,(H,13,16);4-5H,2-3H2,1H3;2H2,1H3;2H2,1H3,(H2,9,10,11,13);3-4H,2H2,1H3;(H,10,11)(H2,7,8,9,12). The van der Waals surface area contributed by atoms with Crippen molar-refractivity contribution in [3.63, 3.8) is 0 Å². The Balaban J connectivity index is 0.000000301. The lowest BCUT2D eigenvalue weighted by atomic mass is 10.2. The molecule has 0 unspecified atom stereocenters. The molecule has 9 aromatic rings. The van der Waals surface area contributed by atoms with Gasteiger partial charge in [-0.05, 0) is 63.1 Å². The van der Waals surface area contributed by atoms with Crippen molar-refractivity contribution in [2.24, 2.45) is 14.1 Å². The number of hydrogen-bond donors (Lipinski definition) is 6. The second-order valence-electron chi connectivity index (χ2n) is 17.1. The number of carbonyl (C=O) groups is 6. The van der Waals surface area contributed by atoms with E-state index in [0.29, 0.717) is 0 Å². The fourth-order valence-corrected chi connectivity index (χ4v) is 6.85. The number of halogens is 10. The number of carboxylic acids is 1. The summed E-state index contributed by atoms with van der Waals surface area (Å²) in [5, 5.41) is 7.41. The third-order valence-corrected chi connectivity index (χ3v) is 11.6. The Labute approximate surface area is 564 Å². The molecule has 0 amide bonds. The van der Waals surface area contributed by atoms with Gasteiger partial charge in [0, 0.05) is 26.2 Å². The predicted molar refractivity (Wildman–Crippen MR) is 325 cm³/mol. The van der Waals surface area contributed by atoms with Crippen molar-refractivity contribution in [2.75, 3.05) is 26.4 Å². The molecule has 0 radical (unpaired) electrons. The minimum absolute atomic E-state index is 0.0209. The van der Waals surface area contributed by atoms with Crippen LogP contribution in [0.1, 0.15) is 86.6 Å². The lowest BCUT2D eigenvalue weighted by Gasteiger charge is -2.03. The number of rotatable bonds is 13. The fraction of sp³-hybridized carbons (Fsp3) is 0.208. The molecule has 0 bridgehead atoms. The van der Waals surface area contributed by atoms with E-state index in [2.05, 4.69) is 78.8 Å². The van der Waals surface area contributed by atoms with Crippen molar-refractivity contribution in [1.82, 2.24) is 88.9 Å². The lowest BCUT2D eigenvalue weighted by molar-refractivity contribution is -0.142. The van der Waals surface area contributed by atoms with Gasteiger partial charge in [-0.1, -0.05) is 11.6 Å². The van der Waals surface area contributed by atoms with Gasteiger partial charge in [0.25, 0.3) is 22.2 Å². The van der Waals surface area contributed by atoms with E-state index in [1.54, 1.807) is 30.7 Å². The second kappa shape index (κ2) is 39.9. The van der Waals surface area contributed by atoms with Crippen molar-refractivity contribution >= 4 is 82.7 Å². The van der Waals surface area contributed by atoms with Crippen molar-refractivity contribution in [3.8, 4) is 22.8 Å². The van der Waals surface area contributed by atoms with E-state index in [1.165, 1.54) is 49.3 Å². The van der Waals surface area contributed by atoms with Crippen molar-refractivity contribution < 1.29 is 83.6 Å². The number of aromatic nitrogens is 18. The Bertz CT molecular complexity index is 4820. The third kappa shape index (κ3) is 25.0. The van der Waals surface area contributed by atoms with E-state index in [4.69, 9.17) is 52.1 Å². The van der Waals surface area contributed by atoms with Crippen LogP contribution in [-0.2, 0) is 37.8 Å². The number of aromatic carboxylic acids is 1. The summed E-state index contributed by atoms with van der Waals surface area (Å²) in [5.74, 6) is -12.6. The van der Waals surface area contributed by atoms with Crippen molar-refractivity contribution in [1.29, 1.82) is 0 Å². The number of nitrogens with one attached hydrogen (secondary N) is 5. The van der Waals surface area contributed by atoms with Gasteiger partial charge in [-0.15, -0.1) is 0 Å². The van der Waals surface area contributed by atoms with Gasteiger partial charge >= 0.3 is 41.2 Å². The predicted octanol–water partition coefficient (Wildman–Crippen LogP) is 3.99. The number of nitrogens with zero attached hydrogens (tertiary/aromatic N) is 13. The molecule has 0 aliphatic carbocycles. The lowest BCUT2D eigenvalue weighted by Crippen LogP contribution is -2.29. The zero-order valence-corrected chi connectivity index (χ0v) is 53.9. The van der Waals surface area contributed by atoms with Crippen LogP contribution >= 0.6 is 47.0 Å². The second-order valence-corrected chi connectivity index (χ2v) is 18.5. The Morgan fingerprint density at radius 2 is 0.960 bits per heavy atom. The highest BCUT2D eigenvalue weighted by Crippen LogP contribution is 2.19. The number of Topliss-reactive ketones (excluding diaryl/α,β-unsaturated/α-hetero) is 1. The average molecular weight is 1480 g/mol. The van der Waals surface area contributed by atoms with Crippen LogP contribution in [-0.4, -0.2) is 156 Å². The number of carboxylic acid groups (broad SMARTS) is 1. The summed E-state index contributed by atoms with van der Waals surface area (Å²) in [5.41, 5.74) is -8.09. The zero-order chi connectivity index (χ0) is 74.4. The van der Waals surface area contributed by atoms with E-state index in [0.717, 1.165) is 48.1 Å². The maximum absolute atomic E-state index is 13.4. The summed E-state index contributed by atoms with van der Waals surface area (Å²) in [6, 6.07) is 2.40. The maximum atomic E-state index is 13.4. The van der Waals surface area contributed by atoms with Gasteiger partial charge in [0.05, 0.1) is 56.9 Å². The van der Waals surface area contributed by atoms with Gasteiger partial charge in [-0.25, -0.2) is 106 Å². The molecular weight excluding hydrogens is 1430 g/mol. The molecule has 9 heterocycles. The first-order chi connectivity index (χ1) is 46.7. The molecule has 9 rings (SSSR count). The first-order valence-electron chi connectivity index (χ1n) is 26.5. The minimum Gasteiger partial charge on any atom is -0.476 e. The number of hydrogen-bond acceptors (Lipinski definition) is 28. The molecule has 0 atom stereocenters. The van der Waals surface area contributed by atoms with Crippen LogP contribution in [0.4, 0.5) is 30.7 Å². The summed E-state index contributed by atoms with van der Waals surface area (Å²) in [6.07, 6.45) is 7.80. The quantitative estimate of drug-likeness (QED) is 0.0139. The van der Waals surface area contributed by atoms with Crippen LogP contribution in [0.3, 0.4) is 0 Å². The molecule has 0 saturated carbocycles. The molecule has 0 spiro atoms. The van der Waals surface area contributed by atoms with Gasteiger partial charge in [-0.2, -0.15) is 8.78 Å². The first-order valence-corrected chi connectivity index (χ1v) is 28.0. The monoisotopic (exact) mass is 1470 g/mol. The third-order valence-electron chi connectivity index (χ3n) is 10.5. The van der Waals surface area contributed by atoms with Crippen molar-refractivity contribution in [3.05, 3.63) is 214 Å². The summed E-state index contributed by atoms with van der Waals surface area (Å²) in [6.45, 7) is 6.86.